The van der Waals surface area contributed by atoms with E-state index in [2.05, 4.69) is 9.97 Å². The van der Waals surface area contributed by atoms with Crippen LogP contribution in [0.1, 0.15) is 16.1 Å². The lowest BCUT2D eigenvalue weighted by Gasteiger charge is -1.99. The molecule has 5 nitrogen and oxygen atoms in total. The van der Waals surface area contributed by atoms with E-state index in [4.69, 9.17) is 5.11 Å². The second-order valence-electron chi connectivity index (χ2n) is 4.18. The number of hydrogen-bond acceptors (Lipinski definition) is 4. The first kappa shape index (κ1) is 12.7. The molecule has 0 aliphatic carbocycles. The predicted octanol–water partition coefficient (Wildman–Crippen LogP) is 2.72. The van der Waals surface area contributed by atoms with Crippen LogP contribution in [0.4, 0.5) is 0 Å². The van der Waals surface area contributed by atoms with Crippen LogP contribution in [-0.2, 0) is 5.75 Å². The molecule has 0 amide bonds. The SMILES string of the molecule is O=C(O)c1ccc(SCc2cn3ccccc3n2)nc1. The zero-order valence-electron chi connectivity index (χ0n) is 10.4. The van der Waals surface area contributed by atoms with Crippen LogP contribution in [0.15, 0.2) is 53.9 Å². The normalized spacial score (nSPS) is 10.8. The molecule has 0 fully saturated rings. The van der Waals surface area contributed by atoms with Crippen molar-refractivity contribution in [1.29, 1.82) is 0 Å². The van der Waals surface area contributed by atoms with Crippen LogP contribution in [0.25, 0.3) is 5.65 Å². The van der Waals surface area contributed by atoms with E-state index in [1.165, 1.54) is 18.0 Å². The quantitative estimate of drug-likeness (QED) is 0.746. The molecule has 20 heavy (non-hydrogen) atoms. The van der Waals surface area contributed by atoms with Crippen molar-refractivity contribution in [1.82, 2.24) is 14.4 Å². The van der Waals surface area contributed by atoms with Gasteiger partial charge in [-0.2, -0.15) is 0 Å². The summed E-state index contributed by atoms with van der Waals surface area (Å²) in [5.74, 6) is -0.268. The van der Waals surface area contributed by atoms with E-state index in [9.17, 15) is 4.79 Å². The van der Waals surface area contributed by atoms with Gasteiger partial charge in [0.05, 0.1) is 16.3 Å². The van der Waals surface area contributed by atoms with Gasteiger partial charge < -0.3 is 9.51 Å². The van der Waals surface area contributed by atoms with Gasteiger partial charge in [-0.25, -0.2) is 14.8 Å². The molecule has 3 rings (SSSR count). The highest BCUT2D eigenvalue weighted by Gasteiger charge is 2.05. The Labute approximate surface area is 119 Å². The number of carboxylic acids is 1. The Balaban J connectivity index is 1.71. The van der Waals surface area contributed by atoms with Crippen LogP contribution in [-0.4, -0.2) is 25.4 Å². The number of carboxylic acid groups (broad SMARTS) is 1. The fourth-order valence-corrected chi connectivity index (χ4v) is 2.52. The van der Waals surface area contributed by atoms with Crippen LogP contribution in [0.2, 0.25) is 0 Å². The summed E-state index contributed by atoms with van der Waals surface area (Å²) in [6, 6.07) is 9.13. The van der Waals surface area contributed by atoms with Gasteiger partial charge >= 0.3 is 5.97 Å². The average molecular weight is 285 g/mol. The highest BCUT2D eigenvalue weighted by Crippen LogP contribution is 2.20. The van der Waals surface area contributed by atoms with E-state index >= 15 is 0 Å². The minimum absolute atomic E-state index is 0.196. The maximum absolute atomic E-state index is 10.7. The first-order valence-corrected chi connectivity index (χ1v) is 6.96. The zero-order chi connectivity index (χ0) is 13.9. The Kier molecular flexibility index (Phi) is 3.39. The number of rotatable bonds is 4. The van der Waals surface area contributed by atoms with E-state index < -0.39 is 5.97 Å². The maximum Gasteiger partial charge on any atom is 0.337 e. The van der Waals surface area contributed by atoms with Crippen LogP contribution >= 0.6 is 11.8 Å². The summed E-state index contributed by atoms with van der Waals surface area (Å²) in [5.41, 5.74) is 2.07. The summed E-state index contributed by atoms with van der Waals surface area (Å²) in [6.45, 7) is 0. The lowest BCUT2D eigenvalue weighted by atomic mass is 10.3. The van der Waals surface area contributed by atoms with Gasteiger partial charge in [0.25, 0.3) is 0 Å². The Morgan fingerprint density at radius 2 is 2.20 bits per heavy atom. The summed E-state index contributed by atoms with van der Waals surface area (Å²) >= 11 is 1.53. The van der Waals surface area contributed by atoms with Crippen LogP contribution in [0, 0.1) is 0 Å². The van der Waals surface area contributed by atoms with Gasteiger partial charge in [0.15, 0.2) is 0 Å². The molecule has 0 atom stereocenters. The molecule has 0 unspecified atom stereocenters. The van der Waals surface area contributed by atoms with Crippen molar-refractivity contribution >= 4 is 23.4 Å². The van der Waals surface area contributed by atoms with Crippen molar-refractivity contribution < 1.29 is 9.90 Å². The van der Waals surface area contributed by atoms with E-state index in [-0.39, 0.29) is 5.56 Å². The van der Waals surface area contributed by atoms with Gasteiger partial charge in [-0.05, 0) is 24.3 Å². The van der Waals surface area contributed by atoms with Gasteiger partial charge in [0.1, 0.15) is 5.65 Å². The van der Waals surface area contributed by atoms with Crippen molar-refractivity contribution in [3.05, 3.63) is 60.2 Å². The Bertz CT molecular complexity index is 719. The van der Waals surface area contributed by atoms with Crippen LogP contribution in [0.3, 0.4) is 0 Å². The number of hydrogen-bond donors (Lipinski definition) is 1. The Hall–Kier alpha value is -2.34. The number of nitrogens with zero attached hydrogens (tertiary/aromatic N) is 3. The third kappa shape index (κ3) is 2.65. The molecule has 0 saturated carbocycles. The topological polar surface area (TPSA) is 67.5 Å². The van der Waals surface area contributed by atoms with Crippen LogP contribution < -0.4 is 0 Å². The zero-order valence-corrected chi connectivity index (χ0v) is 11.2. The Morgan fingerprint density at radius 3 is 2.90 bits per heavy atom. The lowest BCUT2D eigenvalue weighted by molar-refractivity contribution is 0.0696. The van der Waals surface area contributed by atoms with E-state index in [1.807, 2.05) is 35.0 Å². The van der Waals surface area contributed by atoms with Crippen molar-refractivity contribution in [3.63, 3.8) is 0 Å². The van der Waals surface area contributed by atoms with Gasteiger partial charge in [0.2, 0.25) is 0 Å². The summed E-state index contributed by atoms with van der Waals surface area (Å²) < 4.78 is 1.97. The third-order valence-electron chi connectivity index (χ3n) is 2.77. The van der Waals surface area contributed by atoms with Crippen molar-refractivity contribution in [2.24, 2.45) is 0 Å². The maximum atomic E-state index is 10.7. The first-order valence-electron chi connectivity index (χ1n) is 5.97. The number of fused-ring (bicyclic) bond motifs is 1. The molecule has 100 valence electrons. The molecular formula is C14H11N3O2S. The minimum atomic E-state index is -0.964. The van der Waals surface area contributed by atoms with Gasteiger partial charge in [0, 0.05) is 24.3 Å². The molecular weight excluding hydrogens is 274 g/mol. The molecule has 1 N–H and O–H groups in total. The van der Waals surface area contributed by atoms with Crippen LogP contribution in [0.5, 0.6) is 0 Å². The number of pyridine rings is 2. The van der Waals surface area contributed by atoms with E-state index in [1.54, 1.807) is 12.1 Å². The summed E-state index contributed by atoms with van der Waals surface area (Å²) in [5, 5.41) is 9.59. The third-order valence-corrected chi connectivity index (χ3v) is 3.74. The molecule has 0 aromatic carbocycles. The van der Waals surface area contributed by atoms with Gasteiger partial charge in [-0.15, -0.1) is 0 Å². The molecule has 6 heteroatoms. The average Bonchev–Trinajstić information content (AvgIpc) is 2.88. The van der Waals surface area contributed by atoms with Gasteiger partial charge in [-0.1, -0.05) is 17.8 Å². The fraction of sp³-hybridized carbons (Fsp3) is 0.0714. The standard InChI is InChI=1S/C14H11N3O2S/c18-14(19)10-4-5-13(15-7-10)20-9-11-8-17-6-2-1-3-12(17)16-11/h1-8H,9H2,(H,18,19). The number of thioether (sulfide) groups is 1. The fourth-order valence-electron chi connectivity index (χ4n) is 1.80. The smallest absolute Gasteiger partial charge is 0.337 e. The van der Waals surface area contributed by atoms with Crippen molar-refractivity contribution in [2.45, 2.75) is 10.8 Å². The molecule has 0 aliphatic heterocycles. The lowest BCUT2D eigenvalue weighted by Crippen LogP contribution is -1.96. The highest BCUT2D eigenvalue weighted by molar-refractivity contribution is 7.98. The second-order valence-corrected chi connectivity index (χ2v) is 5.17. The largest absolute Gasteiger partial charge is 0.478 e. The summed E-state index contributed by atoms with van der Waals surface area (Å²) in [6.07, 6.45) is 5.30. The Morgan fingerprint density at radius 1 is 1.30 bits per heavy atom. The summed E-state index contributed by atoms with van der Waals surface area (Å²) in [4.78, 5) is 19.3. The number of aromatic nitrogens is 3. The molecule has 3 aromatic heterocycles. The minimum Gasteiger partial charge on any atom is -0.478 e. The van der Waals surface area contributed by atoms with Crippen molar-refractivity contribution in [3.8, 4) is 0 Å². The molecule has 0 spiro atoms. The monoisotopic (exact) mass is 285 g/mol. The first-order chi connectivity index (χ1) is 9.72. The predicted molar refractivity (Wildman–Crippen MR) is 75.9 cm³/mol. The number of aromatic carboxylic acids is 1. The highest BCUT2D eigenvalue weighted by atomic mass is 32.2. The molecule has 3 heterocycles. The molecule has 0 aliphatic rings. The van der Waals surface area contributed by atoms with Gasteiger partial charge in [-0.3, -0.25) is 0 Å². The number of carbonyl (C=O) groups is 1. The van der Waals surface area contributed by atoms with E-state index in [0.29, 0.717) is 5.75 Å². The molecule has 0 radical (unpaired) electrons. The number of imidazole rings is 1. The summed E-state index contributed by atoms with van der Waals surface area (Å²) in [7, 11) is 0. The molecule has 0 saturated heterocycles. The molecule has 3 aromatic rings. The van der Waals surface area contributed by atoms with Crippen molar-refractivity contribution in [2.75, 3.05) is 0 Å². The molecule has 0 bridgehead atoms. The second kappa shape index (κ2) is 5.34. The van der Waals surface area contributed by atoms with E-state index in [0.717, 1.165) is 16.4 Å².